The van der Waals surface area contributed by atoms with E-state index >= 15 is 0 Å². The van der Waals surface area contributed by atoms with E-state index in [1.165, 1.54) is 32.2 Å². The lowest BCUT2D eigenvalue weighted by Gasteiger charge is -2.21. The van der Waals surface area contributed by atoms with E-state index in [4.69, 9.17) is 4.52 Å². The minimum atomic E-state index is 0.442. The number of rotatable bonds is 4. The van der Waals surface area contributed by atoms with Gasteiger partial charge in [0.1, 0.15) is 0 Å². The van der Waals surface area contributed by atoms with Gasteiger partial charge in [-0.3, -0.25) is 0 Å². The lowest BCUT2D eigenvalue weighted by molar-refractivity contribution is 0.246. The number of hydrogen-bond donors (Lipinski definition) is 1. The first kappa shape index (κ1) is 13.1. The first-order chi connectivity index (χ1) is 9.36. The first-order valence-electron chi connectivity index (χ1n) is 7.64. The first-order valence-corrected chi connectivity index (χ1v) is 7.64. The summed E-state index contributed by atoms with van der Waals surface area (Å²) in [6.45, 7) is 6.68. The molecule has 1 aromatic heterocycles. The zero-order valence-corrected chi connectivity index (χ0v) is 11.8. The van der Waals surface area contributed by atoms with Crippen LogP contribution >= 0.6 is 0 Å². The van der Waals surface area contributed by atoms with Gasteiger partial charge >= 0.3 is 0 Å². The number of likely N-dealkylation sites (N-methyl/N-ethyl adjacent to an activating group) is 1. The van der Waals surface area contributed by atoms with Crippen molar-refractivity contribution in [1.29, 1.82) is 0 Å². The molecule has 1 N–H and O–H groups in total. The van der Waals surface area contributed by atoms with Gasteiger partial charge in [-0.05, 0) is 45.3 Å². The largest absolute Gasteiger partial charge is 0.339 e. The van der Waals surface area contributed by atoms with Crippen LogP contribution in [0, 0.1) is 0 Å². The molecule has 5 heteroatoms. The maximum atomic E-state index is 5.46. The van der Waals surface area contributed by atoms with Crippen molar-refractivity contribution in [2.45, 2.75) is 51.0 Å². The lowest BCUT2D eigenvalue weighted by atomic mass is 9.99. The fourth-order valence-corrected chi connectivity index (χ4v) is 3.33. The zero-order chi connectivity index (χ0) is 13.1. The van der Waals surface area contributed by atoms with Gasteiger partial charge < -0.3 is 14.7 Å². The van der Waals surface area contributed by atoms with Gasteiger partial charge in [0, 0.05) is 24.9 Å². The maximum Gasteiger partial charge on any atom is 0.228 e. The van der Waals surface area contributed by atoms with Crippen LogP contribution in [0.1, 0.15) is 50.2 Å². The third kappa shape index (κ3) is 2.98. The maximum absolute atomic E-state index is 5.46. The van der Waals surface area contributed by atoms with E-state index in [-0.39, 0.29) is 0 Å². The van der Waals surface area contributed by atoms with Crippen LogP contribution in [0.15, 0.2) is 4.52 Å². The summed E-state index contributed by atoms with van der Waals surface area (Å²) < 4.78 is 5.46. The van der Waals surface area contributed by atoms with Crippen LogP contribution in [0.4, 0.5) is 0 Å². The molecule has 0 saturated carbocycles. The summed E-state index contributed by atoms with van der Waals surface area (Å²) in [6.07, 6.45) is 5.86. The van der Waals surface area contributed by atoms with Crippen molar-refractivity contribution in [1.82, 2.24) is 20.4 Å². The summed E-state index contributed by atoms with van der Waals surface area (Å²) in [5.41, 5.74) is 0. The highest BCUT2D eigenvalue weighted by Crippen LogP contribution is 2.23. The molecule has 0 radical (unpaired) electrons. The van der Waals surface area contributed by atoms with E-state index in [0.717, 1.165) is 37.8 Å². The van der Waals surface area contributed by atoms with Gasteiger partial charge in [0.2, 0.25) is 5.89 Å². The Morgan fingerprint density at radius 3 is 3.11 bits per heavy atom. The molecule has 0 spiro atoms. The van der Waals surface area contributed by atoms with Crippen molar-refractivity contribution >= 4 is 0 Å². The average molecular weight is 264 g/mol. The van der Waals surface area contributed by atoms with Gasteiger partial charge in [-0.2, -0.15) is 4.98 Å². The molecule has 2 unspecified atom stereocenters. The van der Waals surface area contributed by atoms with Crippen LogP contribution in [0.3, 0.4) is 0 Å². The molecule has 19 heavy (non-hydrogen) atoms. The minimum absolute atomic E-state index is 0.442. The van der Waals surface area contributed by atoms with Crippen molar-refractivity contribution in [3.8, 4) is 0 Å². The molecule has 0 aliphatic carbocycles. The highest BCUT2D eigenvalue weighted by Gasteiger charge is 2.26. The summed E-state index contributed by atoms with van der Waals surface area (Å²) >= 11 is 0. The van der Waals surface area contributed by atoms with E-state index < -0.39 is 0 Å². The topological polar surface area (TPSA) is 54.2 Å². The van der Waals surface area contributed by atoms with Gasteiger partial charge in [0.15, 0.2) is 5.82 Å². The highest BCUT2D eigenvalue weighted by atomic mass is 16.5. The van der Waals surface area contributed by atoms with E-state index in [1.54, 1.807) is 0 Å². The van der Waals surface area contributed by atoms with E-state index in [9.17, 15) is 0 Å². The number of nitrogens with zero attached hydrogens (tertiary/aromatic N) is 3. The molecule has 2 fully saturated rings. The lowest BCUT2D eigenvalue weighted by Crippen LogP contribution is -2.31. The van der Waals surface area contributed by atoms with Gasteiger partial charge in [0.25, 0.3) is 0 Å². The van der Waals surface area contributed by atoms with Crippen LogP contribution in [0.25, 0.3) is 0 Å². The van der Waals surface area contributed by atoms with Crippen LogP contribution in [0.2, 0.25) is 0 Å². The SMILES string of the molecule is CCN1CCCC1Cc1nc(C2CCCNC2)no1. The Balaban J connectivity index is 1.61. The predicted octanol–water partition coefficient (Wildman–Crippen LogP) is 1.56. The van der Waals surface area contributed by atoms with Crippen molar-refractivity contribution in [2.75, 3.05) is 26.2 Å². The Kier molecular flexibility index (Phi) is 4.13. The molecule has 106 valence electrons. The Morgan fingerprint density at radius 1 is 1.37 bits per heavy atom. The predicted molar refractivity (Wildman–Crippen MR) is 73.1 cm³/mol. The monoisotopic (exact) mass is 264 g/mol. The number of hydrogen-bond acceptors (Lipinski definition) is 5. The number of nitrogens with one attached hydrogen (secondary N) is 1. The third-order valence-corrected chi connectivity index (χ3v) is 4.46. The van der Waals surface area contributed by atoms with E-state index in [0.29, 0.717) is 12.0 Å². The second kappa shape index (κ2) is 6.01. The molecule has 2 saturated heterocycles. The molecule has 0 amide bonds. The van der Waals surface area contributed by atoms with Gasteiger partial charge in [-0.1, -0.05) is 12.1 Å². The second-order valence-electron chi connectivity index (χ2n) is 5.72. The third-order valence-electron chi connectivity index (χ3n) is 4.46. The van der Waals surface area contributed by atoms with Crippen LogP contribution in [-0.4, -0.2) is 47.3 Å². The molecule has 0 bridgehead atoms. The molecular formula is C14H24N4O. The molecule has 5 nitrogen and oxygen atoms in total. The number of likely N-dealkylation sites (tertiary alicyclic amines) is 1. The summed E-state index contributed by atoms with van der Waals surface area (Å²) in [4.78, 5) is 7.14. The summed E-state index contributed by atoms with van der Waals surface area (Å²) in [5, 5.41) is 7.59. The summed E-state index contributed by atoms with van der Waals surface area (Å²) in [7, 11) is 0. The summed E-state index contributed by atoms with van der Waals surface area (Å²) in [5.74, 6) is 2.17. The van der Waals surface area contributed by atoms with Crippen LogP contribution < -0.4 is 5.32 Å². The number of aromatic nitrogens is 2. The fourth-order valence-electron chi connectivity index (χ4n) is 3.33. The highest BCUT2D eigenvalue weighted by molar-refractivity contribution is 4.99. The molecule has 2 aliphatic heterocycles. The van der Waals surface area contributed by atoms with Gasteiger partial charge in [0.05, 0.1) is 0 Å². The quantitative estimate of drug-likeness (QED) is 0.894. The zero-order valence-electron chi connectivity index (χ0n) is 11.8. The molecule has 2 atom stereocenters. The minimum Gasteiger partial charge on any atom is -0.339 e. The standard InChI is InChI=1S/C14H24N4O/c1-2-18-8-4-6-12(18)9-13-16-14(17-19-13)11-5-3-7-15-10-11/h11-12,15H,2-10H2,1H3. The second-order valence-corrected chi connectivity index (χ2v) is 5.72. The molecule has 1 aromatic rings. The Hall–Kier alpha value is -0.940. The van der Waals surface area contributed by atoms with Crippen LogP contribution in [0.5, 0.6) is 0 Å². The fraction of sp³-hybridized carbons (Fsp3) is 0.857. The van der Waals surface area contributed by atoms with Gasteiger partial charge in [-0.15, -0.1) is 0 Å². The average Bonchev–Trinajstić information content (AvgIpc) is 3.09. The summed E-state index contributed by atoms with van der Waals surface area (Å²) in [6, 6.07) is 0.600. The smallest absolute Gasteiger partial charge is 0.228 e. The Morgan fingerprint density at radius 2 is 2.32 bits per heavy atom. The normalized spacial score (nSPS) is 28.9. The van der Waals surface area contributed by atoms with Gasteiger partial charge in [-0.25, -0.2) is 0 Å². The molecule has 0 aromatic carbocycles. The molecule has 2 aliphatic rings. The molecular weight excluding hydrogens is 240 g/mol. The molecule has 3 heterocycles. The van der Waals surface area contributed by atoms with Crippen molar-refractivity contribution in [2.24, 2.45) is 0 Å². The molecule has 3 rings (SSSR count). The van der Waals surface area contributed by atoms with Crippen molar-refractivity contribution < 1.29 is 4.52 Å². The Labute approximate surface area is 114 Å². The van der Waals surface area contributed by atoms with E-state index in [1.807, 2.05) is 0 Å². The van der Waals surface area contributed by atoms with Crippen LogP contribution in [-0.2, 0) is 6.42 Å². The van der Waals surface area contributed by atoms with Crippen molar-refractivity contribution in [3.63, 3.8) is 0 Å². The Bertz CT molecular complexity index is 400. The van der Waals surface area contributed by atoms with Crippen molar-refractivity contribution in [3.05, 3.63) is 11.7 Å². The number of piperidine rings is 1. The van der Waals surface area contributed by atoms with E-state index in [2.05, 4.69) is 27.3 Å².